The number of fused-ring (bicyclic) bond motifs is 1. The molecule has 36 heavy (non-hydrogen) atoms. The van der Waals surface area contributed by atoms with Crippen LogP contribution in [0.25, 0.3) is 5.65 Å². The Balaban J connectivity index is 1.25. The van der Waals surface area contributed by atoms with Gasteiger partial charge in [0.05, 0.1) is 24.5 Å². The van der Waals surface area contributed by atoms with Crippen molar-refractivity contribution in [1.29, 1.82) is 0 Å². The largest absolute Gasteiger partial charge is 0.349 e. The van der Waals surface area contributed by atoms with E-state index < -0.39 is 0 Å². The average Bonchev–Trinajstić information content (AvgIpc) is 3.71. The first-order chi connectivity index (χ1) is 17.7. The summed E-state index contributed by atoms with van der Waals surface area (Å²) in [7, 11) is 0. The lowest BCUT2D eigenvalue weighted by Crippen LogP contribution is -2.33. The van der Waals surface area contributed by atoms with Crippen LogP contribution in [0.2, 0.25) is 0 Å². The van der Waals surface area contributed by atoms with Crippen LogP contribution in [0.1, 0.15) is 76.5 Å². The van der Waals surface area contributed by atoms with E-state index in [1.807, 2.05) is 52.2 Å². The number of hydrogen-bond donors (Lipinski definition) is 1. The maximum Gasteiger partial charge on any atom is 0.256 e. The van der Waals surface area contributed by atoms with E-state index in [4.69, 9.17) is 0 Å². The minimum absolute atomic E-state index is 0.00358. The van der Waals surface area contributed by atoms with Crippen molar-refractivity contribution in [2.75, 3.05) is 6.54 Å². The number of nitrogens with zero attached hydrogens (tertiary/aromatic N) is 6. The molecule has 1 aliphatic carbocycles. The van der Waals surface area contributed by atoms with E-state index in [1.54, 1.807) is 23.1 Å². The Morgan fingerprint density at radius 1 is 1.00 bits per heavy atom. The fraction of sp³-hybridized carbons (Fsp3) is 0.370. The predicted octanol–water partition coefficient (Wildman–Crippen LogP) is 3.62. The number of aromatic nitrogens is 5. The Bertz CT molecular complexity index is 1390. The molecule has 184 valence electrons. The predicted molar refractivity (Wildman–Crippen MR) is 133 cm³/mol. The number of rotatable bonds is 6. The van der Waals surface area contributed by atoms with Crippen LogP contribution in [0.5, 0.6) is 0 Å². The van der Waals surface area contributed by atoms with Gasteiger partial charge in [-0.25, -0.2) is 9.50 Å². The second-order valence-electron chi connectivity index (χ2n) is 9.68. The number of nitrogens with one attached hydrogen (secondary N) is 1. The van der Waals surface area contributed by atoms with Crippen LogP contribution in [0, 0.1) is 0 Å². The molecule has 1 unspecified atom stereocenters. The molecule has 1 N–H and O–H groups in total. The molecular weight excluding hydrogens is 454 g/mol. The minimum Gasteiger partial charge on any atom is -0.349 e. The van der Waals surface area contributed by atoms with Crippen molar-refractivity contribution in [3.8, 4) is 0 Å². The van der Waals surface area contributed by atoms with E-state index >= 15 is 0 Å². The summed E-state index contributed by atoms with van der Waals surface area (Å²) in [4.78, 5) is 32.9. The molecule has 9 nitrogen and oxygen atoms in total. The van der Waals surface area contributed by atoms with E-state index in [-0.39, 0.29) is 23.9 Å². The third kappa shape index (κ3) is 4.25. The van der Waals surface area contributed by atoms with Gasteiger partial charge >= 0.3 is 0 Å². The maximum absolute atomic E-state index is 13.6. The first-order valence-corrected chi connectivity index (χ1v) is 12.7. The van der Waals surface area contributed by atoms with Crippen molar-refractivity contribution < 1.29 is 9.59 Å². The number of carbonyl (C=O) groups excluding carboxylic acids is 2. The van der Waals surface area contributed by atoms with Crippen LogP contribution in [-0.2, 0) is 6.54 Å². The molecule has 3 aromatic heterocycles. The molecule has 1 saturated carbocycles. The van der Waals surface area contributed by atoms with Crippen molar-refractivity contribution in [1.82, 2.24) is 34.6 Å². The van der Waals surface area contributed by atoms with Gasteiger partial charge < -0.3 is 10.2 Å². The standard InChI is InChI=1S/C27H29N7O2/c35-26(31-21-8-1-2-9-21)22-17-30-34-24(11-13-28-25(22)34)23-10-4-15-33(23)27(36)20-7-3-6-19(16-20)18-32-14-5-12-29-32/h3,5-7,11-14,16-17,21,23H,1-2,4,8-10,15,18H2,(H,31,35). The smallest absolute Gasteiger partial charge is 0.256 e. The molecule has 1 aliphatic heterocycles. The molecule has 0 radical (unpaired) electrons. The van der Waals surface area contributed by atoms with Gasteiger partial charge in [0.15, 0.2) is 5.65 Å². The zero-order valence-electron chi connectivity index (χ0n) is 20.1. The molecule has 4 aromatic rings. The van der Waals surface area contributed by atoms with Crippen LogP contribution in [0.15, 0.2) is 61.2 Å². The molecule has 1 aromatic carbocycles. The van der Waals surface area contributed by atoms with E-state index in [1.165, 1.54) is 0 Å². The Labute approximate surface area is 209 Å². The third-order valence-electron chi connectivity index (χ3n) is 7.30. The van der Waals surface area contributed by atoms with Crippen LogP contribution >= 0.6 is 0 Å². The number of hydrogen-bond acceptors (Lipinski definition) is 5. The monoisotopic (exact) mass is 483 g/mol. The highest BCUT2D eigenvalue weighted by Crippen LogP contribution is 2.33. The summed E-state index contributed by atoms with van der Waals surface area (Å²) in [6.07, 6.45) is 13.0. The van der Waals surface area contributed by atoms with Crippen LogP contribution in [-0.4, -0.2) is 53.7 Å². The van der Waals surface area contributed by atoms with Crippen molar-refractivity contribution >= 4 is 17.5 Å². The number of likely N-dealkylation sites (tertiary alicyclic amines) is 1. The van der Waals surface area contributed by atoms with Gasteiger partial charge in [0.2, 0.25) is 0 Å². The second-order valence-corrected chi connectivity index (χ2v) is 9.68. The quantitative estimate of drug-likeness (QED) is 0.452. The van der Waals surface area contributed by atoms with Crippen molar-refractivity contribution in [3.63, 3.8) is 0 Å². The summed E-state index contributed by atoms with van der Waals surface area (Å²) < 4.78 is 3.57. The lowest BCUT2D eigenvalue weighted by molar-refractivity contribution is 0.0731. The SMILES string of the molecule is O=C(NC1CCCC1)c1cnn2c(C3CCCN3C(=O)c3cccc(Cn4cccn4)c3)ccnc12. The molecule has 1 saturated heterocycles. The number of carbonyl (C=O) groups is 2. The highest BCUT2D eigenvalue weighted by atomic mass is 16.2. The summed E-state index contributed by atoms with van der Waals surface area (Å²) in [5.41, 5.74) is 3.57. The van der Waals surface area contributed by atoms with E-state index in [0.717, 1.165) is 49.8 Å². The Kier molecular flexibility index (Phi) is 5.96. The molecule has 6 rings (SSSR count). The molecule has 2 fully saturated rings. The van der Waals surface area contributed by atoms with Crippen LogP contribution in [0.3, 0.4) is 0 Å². The minimum atomic E-state index is -0.136. The molecule has 2 amide bonds. The normalized spacial score (nSPS) is 18.2. The highest BCUT2D eigenvalue weighted by molar-refractivity contribution is 6.00. The molecule has 9 heteroatoms. The molecule has 0 bridgehead atoms. The second kappa shape index (κ2) is 9.56. The van der Waals surface area contributed by atoms with Gasteiger partial charge in [-0.15, -0.1) is 0 Å². The summed E-state index contributed by atoms with van der Waals surface area (Å²) in [6.45, 7) is 1.29. The average molecular weight is 484 g/mol. The molecule has 0 spiro atoms. The van der Waals surface area contributed by atoms with Gasteiger partial charge in [-0.1, -0.05) is 25.0 Å². The summed E-state index contributed by atoms with van der Waals surface area (Å²) in [5, 5.41) is 11.9. The summed E-state index contributed by atoms with van der Waals surface area (Å²) in [5.74, 6) is -0.133. The molecule has 1 atom stereocenters. The Morgan fingerprint density at radius 3 is 2.72 bits per heavy atom. The van der Waals surface area contributed by atoms with Crippen molar-refractivity contribution in [2.24, 2.45) is 0 Å². The van der Waals surface area contributed by atoms with Crippen molar-refractivity contribution in [3.05, 3.63) is 83.6 Å². The van der Waals surface area contributed by atoms with Crippen LogP contribution < -0.4 is 5.32 Å². The first-order valence-electron chi connectivity index (χ1n) is 12.7. The summed E-state index contributed by atoms with van der Waals surface area (Å²) in [6, 6.07) is 11.6. The maximum atomic E-state index is 13.6. The molecule has 2 aliphatic rings. The van der Waals surface area contributed by atoms with Gasteiger partial charge in [-0.05, 0) is 55.5 Å². The van der Waals surface area contributed by atoms with Gasteiger partial charge in [0, 0.05) is 36.7 Å². The van der Waals surface area contributed by atoms with Gasteiger partial charge in [-0.2, -0.15) is 10.2 Å². The van der Waals surface area contributed by atoms with Gasteiger partial charge in [0.25, 0.3) is 11.8 Å². The van der Waals surface area contributed by atoms with Gasteiger partial charge in [-0.3, -0.25) is 14.3 Å². The number of amides is 2. The van der Waals surface area contributed by atoms with E-state index in [9.17, 15) is 9.59 Å². The van der Waals surface area contributed by atoms with Gasteiger partial charge in [0.1, 0.15) is 5.56 Å². The lowest BCUT2D eigenvalue weighted by Gasteiger charge is -2.25. The zero-order valence-corrected chi connectivity index (χ0v) is 20.1. The summed E-state index contributed by atoms with van der Waals surface area (Å²) >= 11 is 0. The van der Waals surface area contributed by atoms with E-state index in [0.29, 0.717) is 29.9 Å². The molecular formula is C27H29N7O2. The number of benzene rings is 1. The fourth-order valence-corrected chi connectivity index (χ4v) is 5.52. The van der Waals surface area contributed by atoms with Crippen molar-refractivity contribution in [2.45, 2.75) is 57.2 Å². The van der Waals surface area contributed by atoms with Crippen LogP contribution in [0.4, 0.5) is 0 Å². The molecule has 4 heterocycles. The Morgan fingerprint density at radius 2 is 1.89 bits per heavy atom. The zero-order chi connectivity index (χ0) is 24.5. The third-order valence-corrected chi connectivity index (χ3v) is 7.30. The first kappa shape index (κ1) is 22.5. The fourth-order valence-electron chi connectivity index (χ4n) is 5.52. The Hall–Kier alpha value is -4.01. The highest BCUT2D eigenvalue weighted by Gasteiger charge is 2.33. The lowest BCUT2D eigenvalue weighted by atomic mass is 10.1. The van der Waals surface area contributed by atoms with E-state index in [2.05, 4.69) is 20.5 Å². The topological polar surface area (TPSA) is 97.4 Å².